The van der Waals surface area contributed by atoms with Crippen molar-refractivity contribution in [1.82, 2.24) is 4.98 Å². The highest BCUT2D eigenvalue weighted by Crippen LogP contribution is 2.39. The van der Waals surface area contributed by atoms with Crippen molar-refractivity contribution in [3.05, 3.63) is 10.6 Å². The van der Waals surface area contributed by atoms with E-state index in [1.54, 1.807) is 11.3 Å². The summed E-state index contributed by atoms with van der Waals surface area (Å²) in [5, 5.41) is 1.07. The van der Waals surface area contributed by atoms with E-state index in [1.165, 1.54) is 12.8 Å². The first-order valence-electron chi connectivity index (χ1n) is 6.33. The molecule has 1 aromatic rings. The maximum Gasteiger partial charge on any atom is 0.186 e. The van der Waals surface area contributed by atoms with E-state index in [2.05, 4.69) is 18.7 Å². The number of thiazole rings is 1. The molecule has 2 heterocycles. The number of carbonyl (C=O) groups is 1. The summed E-state index contributed by atoms with van der Waals surface area (Å²) in [6.45, 7) is 6.51. The zero-order valence-corrected chi connectivity index (χ0v) is 11.3. The summed E-state index contributed by atoms with van der Waals surface area (Å²) in [5.74, 6) is 0.291. The molecule has 4 heteroatoms. The molecular formula is C13H18N2OS. The van der Waals surface area contributed by atoms with Gasteiger partial charge in [0.2, 0.25) is 0 Å². The number of hydrogen-bond donors (Lipinski definition) is 0. The first-order valence-corrected chi connectivity index (χ1v) is 7.15. The fourth-order valence-corrected chi connectivity index (χ4v) is 3.82. The van der Waals surface area contributed by atoms with E-state index in [1.807, 2.05) is 0 Å². The summed E-state index contributed by atoms with van der Waals surface area (Å²) in [6.07, 6.45) is 4.12. The normalized spacial score (nSPS) is 22.9. The Morgan fingerprint density at radius 2 is 1.94 bits per heavy atom. The SMILES string of the molecule is CC1(C)CC(=O)c2sc(N3CCCC3)nc2C1. The summed E-state index contributed by atoms with van der Waals surface area (Å²) < 4.78 is 0. The van der Waals surface area contributed by atoms with Crippen LogP contribution >= 0.6 is 11.3 Å². The molecule has 0 aromatic carbocycles. The summed E-state index contributed by atoms with van der Waals surface area (Å²) >= 11 is 1.61. The van der Waals surface area contributed by atoms with Crippen molar-refractivity contribution in [2.24, 2.45) is 5.41 Å². The van der Waals surface area contributed by atoms with Crippen molar-refractivity contribution in [2.75, 3.05) is 18.0 Å². The van der Waals surface area contributed by atoms with E-state index in [4.69, 9.17) is 4.98 Å². The first kappa shape index (κ1) is 11.2. The molecule has 0 spiro atoms. The number of carbonyl (C=O) groups excluding carboxylic acids is 1. The third kappa shape index (κ3) is 1.99. The minimum absolute atomic E-state index is 0.0838. The van der Waals surface area contributed by atoms with Crippen LogP contribution in [-0.4, -0.2) is 23.9 Å². The fraction of sp³-hybridized carbons (Fsp3) is 0.692. The van der Waals surface area contributed by atoms with Crippen molar-refractivity contribution in [3.8, 4) is 0 Å². The molecule has 0 atom stereocenters. The van der Waals surface area contributed by atoms with Crippen molar-refractivity contribution in [2.45, 2.75) is 39.5 Å². The molecule has 1 fully saturated rings. The van der Waals surface area contributed by atoms with E-state index in [0.29, 0.717) is 12.2 Å². The molecular weight excluding hydrogens is 232 g/mol. The van der Waals surface area contributed by atoms with Crippen molar-refractivity contribution >= 4 is 22.3 Å². The second-order valence-electron chi connectivity index (χ2n) is 5.91. The molecule has 0 amide bonds. The molecule has 0 unspecified atom stereocenters. The highest BCUT2D eigenvalue weighted by Gasteiger charge is 2.34. The summed E-state index contributed by atoms with van der Waals surface area (Å²) in [4.78, 5) is 20.0. The van der Waals surface area contributed by atoms with Crippen LogP contribution < -0.4 is 4.90 Å². The Labute approximate surface area is 106 Å². The number of hydrogen-bond acceptors (Lipinski definition) is 4. The van der Waals surface area contributed by atoms with Crippen LogP contribution in [0.1, 0.15) is 48.5 Å². The number of Topliss-reactive ketones (excluding diaryl/α,β-unsaturated/α-hetero) is 1. The van der Waals surface area contributed by atoms with Crippen LogP contribution in [0.25, 0.3) is 0 Å². The van der Waals surface area contributed by atoms with Gasteiger partial charge in [-0.1, -0.05) is 25.2 Å². The van der Waals surface area contributed by atoms with E-state index in [0.717, 1.165) is 35.2 Å². The smallest absolute Gasteiger partial charge is 0.186 e. The van der Waals surface area contributed by atoms with Crippen LogP contribution in [0.4, 0.5) is 5.13 Å². The lowest BCUT2D eigenvalue weighted by Crippen LogP contribution is -2.26. The van der Waals surface area contributed by atoms with Gasteiger partial charge in [0, 0.05) is 19.5 Å². The summed E-state index contributed by atoms with van der Waals surface area (Å²) in [5.41, 5.74) is 1.12. The monoisotopic (exact) mass is 250 g/mol. The minimum Gasteiger partial charge on any atom is -0.348 e. The van der Waals surface area contributed by atoms with Crippen molar-refractivity contribution < 1.29 is 4.79 Å². The standard InChI is InChI=1S/C13H18N2OS/c1-13(2)7-9-11(10(16)8-13)17-12(14-9)15-5-3-4-6-15/h3-8H2,1-2H3. The Morgan fingerprint density at radius 1 is 1.24 bits per heavy atom. The van der Waals surface area contributed by atoms with Gasteiger partial charge in [0.25, 0.3) is 0 Å². The van der Waals surface area contributed by atoms with Crippen LogP contribution in [0.2, 0.25) is 0 Å². The molecule has 1 aliphatic heterocycles. The molecule has 0 bridgehead atoms. The number of ketones is 1. The topological polar surface area (TPSA) is 33.2 Å². The first-order chi connectivity index (χ1) is 8.05. The Hall–Kier alpha value is -0.900. The predicted molar refractivity (Wildman–Crippen MR) is 70.0 cm³/mol. The summed E-state index contributed by atoms with van der Waals surface area (Å²) in [6, 6.07) is 0. The van der Waals surface area contributed by atoms with E-state index in [-0.39, 0.29) is 5.41 Å². The average Bonchev–Trinajstić information content (AvgIpc) is 2.81. The zero-order chi connectivity index (χ0) is 12.0. The molecule has 0 radical (unpaired) electrons. The van der Waals surface area contributed by atoms with E-state index >= 15 is 0 Å². The molecule has 1 aromatic heterocycles. The van der Waals surface area contributed by atoms with Gasteiger partial charge in [0.1, 0.15) is 0 Å². The van der Waals surface area contributed by atoms with Crippen molar-refractivity contribution in [1.29, 1.82) is 0 Å². The van der Waals surface area contributed by atoms with Crippen LogP contribution in [0.15, 0.2) is 0 Å². The van der Waals surface area contributed by atoms with Gasteiger partial charge in [-0.15, -0.1) is 0 Å². The molecule has 0 saturated carbocycles. The molecule has 0 N–H and O–H groups in total. The minimum atomic E-state index is 0.0838. The van der Waals surface area contributed by atoms with Crippen LogP contribution in [0, 0.1) is 5.41 Å². The second kappa shape index (κ2) is 3.80. The van der Waals surface area contributed by atoms with E-state index in [9.17, 15) is 4.79 Å². The third-order valence-electron chi connectivity index (χ3n) is 3.60. The Kier molecular flexibility index (Phi) is 2.51. The molecule has 3 rings (SSSR count). The van der Waals surface area contributed by atoms with Crippen LogP contribution in [-0.2, 0) is 6.42 Å². The van der Waals surface area contributed by atoms with Crippen LogP contribution in [0.5, 0.6) is 0 Å². The Balaban J connectivity index is 1.94. The van der Waals surface area contributed by atoms with Gasteiger partial charge in [-0.25, -0.2) is 4.98 Å². The third-order valence-corrected chi connectivity index (χ3v) is 4.80. The Morgan fingerprint density at radius 3 is 2.65 bits per heavy atom. The lowest BCUT2D eigenvalue weighted by molar-refractivity contribution is 0.0916. The predicted octanol–water partition coefficient (Wildman–Crippen LogP) is 2.90. The molecule has 1 saturated heterocycles. The van der Waals surface area contributed by atoms with Crippen molar-refractivity contribution in [3.63, 3.8) is 0 Å². The highest BCUT2D eigenvalue weighted by atomic mass is 32.1. The highest BCUT2D eigenvalue weighted by molar-refractivity contribution is 7.17. The van der Waals surface area contributed by atoms with E-state index < -0.39 is 0 Å². The van der Waals surface area contributed by atoms with Gasteiger partial charge in [-0.2, -0.15) is 0 Å². The van der Waals surface area contributed by atoms with Crippen LogP contribution in [0.3, 0.4) is 0 Å². The number of fused-ring (bicyclic) bond motifs is 1. The van der Waals surface area contributed by atoms with Gasteiger partial charge >= 0.3 is 0 Å². The van der Waals surface area contributed by atoms with Gasteiger partial charge in [-0.3, -0.25) is 4.79 Å². The number of rotatable bonds is 1. The second-order valence-corrected chi connectivity index (χ2v) is 6.88. The largest absolute Gasteiger partial charge is 0.348 e. The lowest BCUT2D eigenvalue weighted by atomic mass is 9.78. The fourth-order valence-electron chi connectivity index (χ4n) is 2.75. The maximum absolute atomic E-state index is 12.1. The Bertz CT molecular complexity index is 458. The zero-order valence-electron chi connectivity index (χ0n) is 10.5. The molecule has 17 heavy (non-hydrogen) atoms. The average molecular weight is 250 g/mol. The summed E-state index contributed by atoms with van der Waals surface area (Å²) in [7, 11) is 0. The quantitative estimate of drug-likeness (QED) is 0.768. The lowest BCUT2D eigenvalue weighted by Gasteiger charge is -2.26. The molecule has 3 nitrogen and oxygen atoms in total. The number of nitrogens with zero attached hydrogens (tertiary/aromatic N) is 2. The van der Waals surface area contributed by atoms with Gasteiger partial charge < -0.3 is 4.90 Å². The molecule has 2 aliphatic rings. The maximum atomic E-state index is 12.1. The van der Waals surface area contributed by atoms with Gasteiger partial charge in [0.15, 0.2) is 10.9 Å². The molecule has 92 valence electrons. The van der Waals surface area contributed by atoms with Gasteiger partial charge in [-0.05, 0) is 24.7 Å². The number of anilines is 1. The molecule has 1 aliphatic carbocycles. The number of aromatic nitrogens is 1. The van der Waals surface area contributed by atoms with Gasteiger partial charge in [0.05, 0.1) is 10.6 Å².